The van der Waals surface area contributed by atoms with E-state index in [9.17, 15) is 14.4 Å². The van der Waals surface area contributed by atoms with Gasteiger partial charge < -0.3 is 14.8 Å². The number of amides is 2. The van der Waals surface area contributed by atoms with Gasteiger partial charge in [-0.25, -0.2) is 9.59 Å². The highest BCUT2D eigenvalue weighted by atomic mass is 16.6. The predicted molar refractivity (Wildman–Crippen MR) is 104 cm³/mol. The van der Waals surface area contributed by atoms with E-state index < -0.39 is 24.1 Å². The van der Waals surface area contributed by atoms with Crippen molar-refractivity contribution in [3.63, 3.8) is 0 Å². The summed E-state index contributed by atoms with van der Waals surface area (Å²) in [7, 11) is 0. The minimum atomic E-state index is -0.713. The number of nitrogens with one attached hydrogen (secondary N) is 1. The summed E-state index contributed by atoms with van der Waals surface area (Å²) in [6, 6.07) is 8.04. The Morgan fingerprint density at radius 3 is 2.54 bits per heavy atom. The fourth-order valence-corrected chi connectivity index (χ4v) is 3.26. The average Bonchev–Trinajstić information content (AvgIpc) is 3.16. The van der Waals surface area contributed by atoms with Crippen LogP contribution in [0.1, 0.15) is 45.6 Å². The molecule has 2 rings (SSSR count). The highest BCUT2D eigenvalue weighted by molar-refractivity contribution is 5.90. The van der Waals surface area contributed by atoms with Crippen molar-refractivity contribution in [3.8, 4) is 0 Å². The van der Waals surface area contributed by atoms with Crippen LogP contribution in [0.15, 0.2) is 30.3 Å². The molecule has 0 spiro atoms. The molecule has 0 radical (unpaired) electrons. The van der Waals surface area contributed by atoms with E-state index >= 15 is 0 Å². The van der Waals surface area contributed by atoms with Gasteiger partial charge in [-0.2, -0.15) is 0 Å². The van der Waals surface area contributed by atoms with Crippen molar-refractivity contribution in [1.82, 2.24) is 10.2 Å². The number of hydrogen-bond donors (Lipinski definition) is 1. The molecule has 0 aliphatic carbocycles. The lowest BCUT2D eigenvalue weighted by molar-refractivity contribution is -0.148. The molecule has 2 amide bonds. The third-order valence-corrected chi connectivity index (χ3v) is 4.59. The topological polar surface area (TPSA) is 84.9 Å². The fourth-order valence-electron chi connectivity index (χ4n) is 3.26. The molecule has 1 aliphatic rings. The third kappa shape index (κ3) is 6.25. The molecule has 0 unspecified atom stereocenters. The number of likely N-dealkylation sites (tertiary alicyclic amines) is 1. The Labute approximate surface area is 166 Å². The van der Waals surface area contributed by atoms with Crippen LogP contribution in [0.5, 0.6) is 0 Å². The van der Waals surface area contributed by atoms with Crippen LogP contribution >= 0.6 is 0 Å². The van der Waals surface area contributed by atoms with Crippen molar-refractivity contribution in [3.05, 3.63) is 35.9 Å². The smallest absolute Gasteiger partial charge is 0.410 e. The van der Waals surface area contributed by atoms with E-state index in [2.05, 4.69) is 5.32 Å². The van der Waals surface area contributed by atoms with E-state index in [1.165, 1.54) is 4.90 Å². The van der Waals surface area contributed by atoms with Crippen LogP contribution in [0.4, 0.5) is 4.79 Å². The second-order valence-electron chi connectivity index (χ2n) is 7.33. The summed E-state index contributed by atoms with van der Waals surface area (Å²) in [5.41, 5.74) is 0.885. The first kappa shape index (κ1) is 21.7. The zero-order valence-electron chi connectivity index (χ0n) is 16.8. The highest BCUT2D eigenvalue weighted by Crippen LogP contribution is 2.20. The van der Waals surface area contributed by atoms with Gasteiger partial charge in [0.05, 0.1) is 6.61 Å². The van der Waals surface area contributed by atoms with Gasteiger partial charge in [0.15, 0.2) is 0 Å². The molecule has 7 heteroatoms. The second kappa shape index (κ2) is 10.7. The van der Waals surface area contributed by atoms with Gasteiger partial charge in [0.1, 0.15) is 18.7 Å². The minimum absolute atomic E-state index is 0.156. The van der Waals surface area contributed by atoms with Crippen LogP contribution in [0.2, 0.25) is 0 Å². The number of esters is 1. The number of carbonyl (C=O) groups excluding carboxylic acids is 3. The van der Waals surface area contributed by atoms with E-state index in [0.717, 1.165) is 5.56 Å². The van der Waals surface area contributed by atoms with E-state index in [4.69, 9.17) is 9.47 Å². The van der Waals surface area contributed by atoms with Gasteiger partial charge in [-0.3, -0.25) is 9.69 Å². The Balaban J connectivity index is 1.96. The molecule has 1 aliphatic heterocycles. The summed E-state index contributed by atoms with van der Waals surface area (Å²) in [5.74, 6) is -0.571. The summed E-state index contributed by atoms with van der Waals surface area (Å²) < 4.78 is 10.4. The van der Waals surface area contributed by atoms with Gasteiger partial charge >= 0.3 is 12.1 Å². The maximum absolute atomic E-state index is 12.8. The average molecular weight is 390 g/mol. The first-order chi connectivity index (χ1) is 13.4. The summed E-state index contributed by atoms with van der Waals surface area (Å²) in [6.07, 6.45) is 1.23. The van der Waals surface area contributed by atoms with Crippen LogP contribution in [0, 0.1) is 5.92 Å². The summed E-state index contributed by atoms with van der Waals surface area (Å²) >= 11 is 0. The van der Waals surface area contributed by atoms with Crippen molar-refractivity contribution >= 4 is 18.0 Å². The molecule has 2 atom stereocenters. The van der Waals surface area contributed by atoms with Crippen LogP contribution in [-0.2, 0) is 25.7 Å². The molecule has 1 fully saturated rings. The number of ether oxygens (including phenoxy) is 2. The Morgan fingerprint density at radius 2 is 1.89 bits per heavy atom. The standard InChI is InChI=1S/C21H30N2O5/c1-4-27-20(25)17(13-15(2)3)22-19(24)18-11-8-12-23(18)21(26)28-14-16-9-6-5-7-10-16/h5-7,9-10,15,17-18H,4,8,11-14H2,1-3H3,(H,22,24)/t17-,18-/m0/s1. The molecule has 1 heterocycles. The molecule has 1 aromatic carbocycles. The van der Waals surface area contributed by atoms with Gasteiger partial charge in [0, 0.05) is 6.54 Å². The number of carbonyl (C=O) groups is 3. The van der Waals surface area contributed by atoms with Crippen molar-refractivity contribution in [2.75, 3.05) is 13.2 Å². The zero-order valence-corrected chi connectivity index (χ0v) is 16.8. The minimum Gasteiger partial charge on any atom is -0.464 e. The number of nitrogens with zero attached hydrogens (tertiary/aromatic N) is 1. The number of rotatable bonds is 8. The van der Waals surface area contributed by atoms with E-state index in [1.807, 2.05) is 44.2 Å². The predicted octanol–water partition coefficient (Wildman–Crippen LogP) is 2.88. The molecule has 7 nitrogen and oxygen atoms in total. The maximum atomic E-state index is 12.8. The monoisotopic (exact) mass is 390 g/mol. The highest BCUT2D eigenvalue weighted by Gasteiger charge is 2.37. The molecule has 0 aromatic heterocycles. The maximum Gasteiger partial charge on any atom is 0.410 e. The van der Waals surface area contributed by atoms with Gasteiger partial charge in [-0.05, 0) is 37.7 Å². The molecule has 0 saturated carbocycles. The molecular formula is C21H30N2O5. The third-order valence-electron chi connectivity index (χ3n) is 4.59. The van der Waals surface area contributed by atoms with Crippen LogP contribution in [-0.4, -0.2) is 48.1 Å². The second-order valence-corrected chi connectivity index (χ2v) is 7.33. The summed E-state index contributed by atoms with van der Waals surface area (Å²) in [6.45, 7) is 6.55. The zero-order chi connectivity index (χ0) is 20.5. The largest absolute Gasteiger partial charge is 0.464 e. The van der Waals surface area contributed by atoms with Crippen molar-refractivity contribution in [2.24, 2.45) is 5.92 Å². The summed E-state index contributed by atoms with van der Waals surface area (Å²) in [5, 5.41) is 2.77. The molecule has 154 valence electrons. The lowest BCUT2D eigenvalue weighted by Crippen LogP contribution is -2.51. The molecule has 1 saturated heterocycles. The van der Waals surface area contributed by atoms with Gasteiger partial charge in [-0.15, -0.1) is 0 Å². The van der Waals surface area contributed by atoms with E-state index in [0.29, 0.717) is 25.8 Å². The normalized spacial score (nSPS) is 17.3. The SMILES string of the molecule is CCOC(=O)[C@H](CC(C)C)NC(=O)[C@@H]1CCCN1C(=O)OCc1ccccc1. The van der Waals surface area contributed by atoms with Crippen molar-refractivity contribution < 1.29 is 23.9 Å². The van der Waals surface area contributed by atoms with Crippen LogP contribution in [0.25, 0.3) is 0 Å². The Kier molecular flexibility index (Phi) is 8.29. The van der Waals surface area contributed by atoms with Gasteiger partial charge in [-0.1, -0.05) is 44.2 Å². The Morgan fingerprint density at radius 1 is 1.18 bits per heavy atom. The lowest BCUT2D eigenvalue weighted by atomic mass is 10.0. The fraction of sp³-hybridized carbons (Fsp3) is 0.571. The number of benzene rings is 1. The Bertz CT molecular complexity index is 662. The quantitative estimate of drug-likeness (QED) is 0.690. The van der Waals surface area contributed by atoms with Crippen LogP contribution < -0.4 is 5.32 Å². The van der Waals surface area contributed by atoms with Crippen molar-refractivity contribution in [2.45, 2.75) is 58.7 Å². The van der Waals surface area contributed by atoms with Crippen molar-refractivity contribution in [1.29, 1.82) is 0 Å². The van der Waals surface area contributed by atoms with Gasteiger partial charge in [0.25, 0.3) is 0 Å². The molecular weight excluding hydrogens is 360 g/mol. The lowest BCUT2D eigenvalue weighted by Gasteiger charge is -2.26. The Hall–Kier alpha value is -2.57. The molecule has 1 N–H and O–H groups in total. The molecule has 28 heavy (non-hydrogen) atoms. The first-order valence-electron chi connectivity index (χ1n) is 9.86. The number of hydrogen-bond acceptors (Lipinski definition) is 5. The first-order valence-corrected chi connectivity index (χ1v) is 9.86. The molecule has 0 bridgehead atoms. The van der Waals surface area contributed by atoms with E-state index in [1.54, 1.807) is 6.92 Å². The summed E-state index contributed by atoms with van der Waals surface area (Å²) in [4.78, 5) is 38.8. The molecule has 1 aromatic rings. The van der Waals surface area contributed by atoms with E-state index in [-0.39, 0.29) is 25.0 Å². The van der Waals surface area contributed by atoms with Crippen LogP contribution in [0.3, 0.4) is 0 Å². The van der Waals surface area contributed by atoms with Gasteiger partial charge in [0.2, 0.25) is 5.91 Å².